The molecule has 116 valence electrons. The Balaban J connectivity index is 1.71. The summed E-state index contributed by atoms with van der Waals surface area (Å²) in [4.78, 5) is 22.1. The van der Waals surface area contributed by atoms with E-state index in [0.717, 1.165) is 49.2 Å². The van der Waals surface area contributed by atoms with Crippen LogP contribution in [-0.2, 0) is 0 Å². The molecule has 0 aromatic carbocycles. The predicted octanol–water partition coefficient (Wildman–Crippen LogP) is 2.03. The van der Waals surface area contributed by atoms with Gasteiger partial charge in [0.25, 0.3) is 0 Å². The van der Waals surface area contributed by atoms with Crippen molar-refractivity contribution in [1.29, 1.82) is 0 Å². The van der Waals surface area contributed by atoms with Crippen LogP contribution in [-0.4, -0.2) is 47.1 Å². The van der Waals surface area contributed by atoms with Gasteiger partial charge in [-0.1, -0.05) is 0 Å². The van der Waals surface area contributed by atoms with Crippen LogP contribution in [0, 0.1) is 6.92 Å². The standard InChI is InChI=1S/C16H22N6/c1-12-19-14(11-15(20-12)21(2)3)13-5-9-22(10-6-13)16-17-7-4-8-18-16/h4,7-8,11,13H,5-6,9-10H2,1-3H3. The van der Waals surface area contributed by atoms with E-state index in [1.54, 1.807) is 12.4 Å². The molecule has 0 atom stereocenters. The zero-order valence-corrected chi connectivity index (χ0v) is 13.4. The number of rotatable bonds is 3. The summed E-state index contributed by atoms with van der Waals surface area (Å²) in [5, 5.41) is 0. The SMILES string of the molecule is Cc1nc(C2CCN(c3ncccn3)CC2)cc(N(C)C)n1. The van der Waals surface area contributed by atoms with Gasteiger partial charge in [-0.3, -0.25) is 0 Å². The van der Waals surface area contributed by atoms with Crippen molar-refractivity contribution >= 4 is 11.8 Å². The summed E-state index contributed by atoms with van der Waals surface area (Å²) < 4.78 is 0. The summed E-state index contributed by atoms with van der Waals surface area (Å²) in [6, 6.07) is 3.97. The third-order valence-corrected chi connectivity index (χ3v) is 4.05. The van der Waals surface area contributed by atoms with Gasteiger partial charge in [0.15, 0.2) is 0 Å². The van der Waals surface area contributed by atoms with Crippen molar-refractivity contribution in [1.82, 2.24) is 19.9 Å². The molecule has 2 aromatic heterocycles. The van der Waals surface area contributed by atoms with Gasteiger partial charge in [0.05, 0.1) is 0 Å². The molecule has 0 saturated carbocycles. The van der Waals surface area contributed by atoms with Crippen molar-refractivity contribution in [2.24, 2.45) is 0 Å². The van der Waals surface area contributed by atoms with Crippen LogP contribution in [0.5, 0.6) is 0 Å². The normalized spacial score (nSPS) is 15.9. The molecule has 22 heavy (non-hydrogen) atoms. The highest BCUT2D eigenvalue weighted by molar-refractivity contribution is 5.39. The minimum atomic E-state index is 0.486. The van der Waals surface area contributed by atoms with Crippen LogP contribution >= 0.6 is 0 Å². The van der Waals surface area contributed by atoms with Gasteiger partial charge >= 0.3 is 0 Å². The van der Waals surface area contributed by atoms with Gasteiger partial charge in [0.2, 0.25) is 5.95 Å². The number of hydrogen-bond donors (Lipinski definition) is 0. The second-order valence-corrected chi connectivity index (χ2v) is 5.90. The third-order valence-electron chi connectivity index (χ3n) is 4.05. The lowest BCUT2D eigenvalue weighted by Gasteiger charge is -2.31. The fraction of sp³-hybridized carbons (Fsp3) is 0.500. The smallest absolute Gasteiger partial charge is 0.225 e. The summed E-state index contributed by atoms with van der Waals surface area (Å²) in [7, 11) is 4.03. The van der Waals surface area contributed by atoms with Gasteiger partial charge in [-0.05, 0) is 25.8 Å². The Morgan fingerprint density at radius 3 is 2.41 bits per heavy atom. The highest BCUT2D eigenvalue weighted by atomic mass is 15.2. The molecule has 0 radical (unpaired) electrons. The van der Waals surface area contributed by atoms with Crippen molar-refractivity contribution in [3.63, 3.8) is 0 Å². The fourth-order valence-corrected chi connectivity index (χ4v) is 2.84. The Kier molecular flexibility index (Phi) is 4.18. The first-order valence-electron chi connectivity index (χ1n) is 7.68. The quantitative estimate of drug-likeness (QED) is 0.864. The molecule has 0 bridgehead atoms. The van der Waals surface area contributed by atoms with Gasteiger partial charge in [-0.25, -0.2) is 19.9 Å². The van der Waals surface area contributed by atoms with Crippen LogP contribution in [0.1, 0.15) is 30.3 Å². The lowest BCUT2D eigenvalue weighted by atomic mass is 9.93. The number of piperidine rings is 1. The Hall–Kier alpha value is -2.24. The third kappa shape index (κ3) is 3.16. The molecular weight excluding hydrogens is 276 g/mol. The van der Waals surface area contributed by atoms with Crippen molar-refractivity contribution < 1.29 is 0 Å². The van der Waals surface area contributed by atoms with Crippen molar-refractivity contribution in [2.45, 2.75) is 25.7 Å². The molecule has 0 aliphatic carbocycles. The monoisotopic (exact) mass is 298 g/mol. The molecule has 0 spiro atoms. The minimum absolute atomic E-state index is 0.486. The van der Waals surface area contributed by atoms with Crippen molar-refractivity contribution in [3.05, 3.63) is 36.0 Å². The van der Waals surface area contributed by atoms with Gasteiger partial charge in [-0.2, -0.15) is 0 Å². The summed E-state index contributed by atoms with van der Waals surface area (Å²) >= 11 is 0. The molecule has 0 amide bonds. The van der Waals surface area contributed by atoms with E-state index in [2.05, 4.69) is 30.9 Å². The molecule has 3 heterocycles. The van der Waals surface area contributed by atoms with Crippen LogP contribution in [0.15, 0.2) is 24.5 Å². The number of anilines is 2. The highest BCUT2D eigenvalue weighted by Gasteiger charge is 2.23. The maximum atomic E-state index is 4.65. The predicted molar refractivity (Wildman–Crippen MR) is 87.3 cm³/mol. The molecule has 6 heteroatoms. The summed E-state index contributed by atoms with van der Waals surface area (Å²) in [6.07, 6.45) is 5.74. The minimum Gasteiger partial charge on any atom is -0.363 e. The van der Waals surface area contributed by atoms with Crippen molar-refractivity contribution in [3.8, 4) is 0 Å². The second kappa shape index (κ2) is 6.25. The maximum absolute atomic E-state index is 4.65. The summed E-state index contributed by atoms with van der Waals surface area (Å²) in [5.41, 5.74) is 1.16. The zero-order chi connectivity index (χ0) is 15.5. The van der Waals surface area contributed by atoms with E-state index in [1.165, 1.54) is 0 Å². The van der Waals surface area contributed by atoms with Crippen molar-refractivity contribution in [2.75, 3.05) is 37.0 Å². The Bertz CT molecular complexity index is 620. The molecule has 0 unspecified atom stereocenters. The first-order valence-corrected chi connectivity index (χ1v) is 7.68. The van der Waals surface area contributed by atoms with Gasteiger partial charge in [0, 0.05) is 57.3 Å². The zero-order valence-electron chi connectivity index (χ0n) is 13.4. The average molecular weight is 298 g/mol. The van der Waals surface area contributed by atoms with E-state index in [1.807, 2.05) is 32.0 Å². The molecule has 1 fully saturated rings. The summed E-state index contributed by atoms with van der Waals surface area (Å²) in [6.45, 7) is 3.90. The van der Waals surface area contributed by atoms with Crippen LogP contribution < -0.4 is 9.80 Å². The lowest BCUT2D eigenvalue weighted by Crippen LogP contribution is -2.34. The van der Waals surface area contributed by atoms with E-state index >= 15 is 0 Å². The first kappa shape index (κ1) is 14.7. The number of aromatic nitrogens is 4. The maximum Gasteiger partial charge on any atom is 0.225 e. The highest BCUT2D eigenvalue weighted by Crippen LogP contribution is 2.29. The topological polar surface area (TPSA) is 58.0 Å². The van der Waals surface area contributed by atoms with Crippen LogP contribution in [0.4, 0.5) is 11.8 Å². The largest absolute Gasteiger partial charge is 0.363 e. The first-order chi connectivity index (χ1) is 10.6. The molecule has 1 aliphatic heterocycles. The van der Waals surface area contributed by atoms with Gasteiger partial charge < -0.3 is 9.80 Å². The van der Waals surface area contributed by atoms with E-state index in [9.17, 15) is 0 Å². The van der Waals surface area contributed by atoms with Crippen LogP contribution in [0.3, 0.4) is 0 Å². The van der Waals surface area contributed by atoms with E-state index in [0.29, 0.717) is 5.92 Å². The molecular formula is C16H22N6. The van der Waals surface area contributed by atoms with Crippen LogP contribution in [0.2, 0.25) is 0 Å². The molecule has 3 rings (SSSR count). The van der Waals surface area contributed by atoms with Gasteiger partial charge in [-0.15, -0.1) is 0 Å². The molecule has 6 nitrogen and oxygen atoms in total. The second-order valence-electron chi connectivity index (χ2n) is 5.90. The van der Waals surface area contributed by atoms with Crippen LogP contribution in [0.25, 0.3) is 0 Å². The Morgan fingerprint density at radius 1 is 1.09 bits per heavy atom. The van der Waals surface area contributed by atoms with Gasteiger partial charge in [0.1, 0.15) is 11.6 Å². The fourth-order valence-electron chi connectivity index (χ4n) is 2.84. The Morgan fingerprint density at radius 2 is 1.77 bits per heavy atom. The Labute approximate surface area is 131 Å². The number of aryl methyl sites for hydroxylation is 1. The average Bonchev–Trinajstić information content (AvgIpc) is 2.55. The number of hydrogen-bond acceptors (Lipinski definition) is 6. The summed E-state index contributed by atoms with van der Waals surface area (Å²) in [5.74, 6) is 3.14. The number of nitrogens with zero attached hydrogens (tertiary/aromatic N) is 6. The van der Waals surface area contributed by atoms with E-state index in [4.69, 9.17) is 0 Å². The molecule has 1 saturated heterocycles. The lowest BCUT2D eigenvalue weighted by molar-refractivity contribution is 0.489. The molecule has 0 N–H and O–H groups in total. The van der Waals surface area contributed by atoms with E-state index < -0.39 is 0 Å². The van der Waals surface area contributed by atoms with E-state index in [-0.39, 0.29) is 0 Å². The molecule has 1 aliphatic rings. The molecule has 2 aromatic rings.